The minimum Gasteiger partial charge on any atom is -0.353 e. The third-order valence-electron chi connectivity index (χ3n) is 7.00. The van der Waals surface area contributed by atoms with E-state index in [2.05, 4.69) is 48.9 Å². The van der Waals surface area contributed by atoms with Gasteiger partial charge in [0, 0.05) is 47.1 Å². The minimum atomic E-state index is -0.141. The number of H-pyrrole nitrogens is 1. The van der Waals surface area contributed by atoms with E-state index in [4.69, 9.17) is 9.47 Å². The second-order valence-corrected chi connectivity index (χ2v) is 10.3. The number of nitrogens with zero attached hydrogens (tertiary/aromatic N) is 3. The molecule has 0 radical (unpaired) electrons. The highest BCUT2D eigenvalue weighted by Crippen LogP contribution is 2.33. The van der Waals surface area contributed by atoms with E-state index in [1.165, 1.54) is 0 Å². The molecule has 184 valence electrons. The monoisotopic (exact) mass is 546 g/mol. The second-order valence-electron chi connectivity index (χ2n) is 9.34. The lowest BCUT2D eigenvalue weighted by molar-refractivity contribution is -0.169. The van der Waals surface area contributed by atoms with E-state index in [0.717, 1.165) is 74.8 Å². The van der Waals surface area contributed by atoms with Crippen LogP contribution in [0.1, 0.15) is 25.0 Å². The zero-order chi connectivity index (χ0) is 24.8. The molecule has 1 saturated heterocycles. The van der Waals surface area contributed by atoms with Gasteiger partial charge in [0.05, 0.1) is 23.5 Å². The first-order valence-corrected chi connectivity index (χ1v) is 12.9. The number of benzene rings is 2. The molecule has 1 N–H and O–H groups in total. The predicted molar refractivity (Wildman–Crippen MR) is 145 cm³/mol. The van der Waals surface area contributed by atoms with Crippen molar-refractivity contribution in [3.05, 3.63) is 75.1 Å². The van der Waals surface area contributed by atoms with Gasteiger partial charge in [-0.15, -0.1) is 0 Å². The van der Waals surface area contributed by atoms with E-state index >= 15 is 0 Å². The van der Waals surface area contributed by atoms with Crippen molar-refractivity contribution in [3.63, 3.8) is 0 Å². The third kappa shape index (κ3) is 4.09. The van der Waals surface area contributed by atoms with Gasteiger partial charge in [-0.2, -0.15) is 5.10 Å². The number of pyridine rings is 1. The Labute approximate surface area is 216 Å². The third-order valence-corrected chi connectivity index (χ3v) is 7.53. The molecule has 5 aromatic rings. The van der Waals surface area contributed by atoms with Crippen molar-refractivity contribution in [2.75, 3.05) is 6.61 Å². The molecule has 0 bridgehead atoms. The van der Waals surface area contributed by atoms with Gasteiger partial charge in [-0.05, 0) is 61.2 Å². The maximum atomic E-state index is 13.3. The summed E-state index contributed by atoms with van der Waals surface area (Å²) in [4.78, 5) is 13.3. The van der Waals surface area contributed by atoms with Gasteiger partial charge in [0.2, 0.25) is 0 Å². The van der Waals surface area contributed by atoms with Crippen LogP contribution in [0.3, 0.4) is 0 Å². The average molecular weight is 547 g/mol. The van der Waals surface area contributed by atoms with E-state index < -0.39 is 0 Å². The molecule has 0 aliphatic carbocycles. The molecule has 1 atom stereocenters. The van der Waals surface area contributed by atoms with Gasteiger partial charge >= 0.3 is 0 Å². The van der Waals surface area contributed by atoms with E-state index in [1.807, 2.05) is 50.5 Å². The van der Waals surface area contributed by atoms with Crippen molar-refractivity contribution in [1.82, 2.24) is 19.3 Å². The van der Waals surface area contributed by atoms with Gasteiger partial charge in [0.15, 0.2) is 6.29 Å². The Kier molecular flexibility index (Phi) is 6.03. The van der Waals surface area contributed by atoms with Crippen molar-refractivity contribution in [1.29, 1.82) is 0 Å². The summed E-state index contributed by atoms with van der Waals surface area (Å²) >= 11 is 3.48. The predicted octanol–water partition coefficient (Wildman–Crippen LogP) is 5.89. The van der Waals surface area contributed by atoms with E-state index in [0.29, 0.717) is 12.2 Å². The van der Waals surface area contributed by atoms with Crippen molar-refractivity contribution < 1.29 is 9.47 Å². The van der Waals surface area contributed by atoms with Crippen molar-refractivity contribution in [2.45, 2.75) is 32.2 Å². The topological polar surface area (TPSA) is 74.1 Å². The summed E-state index contributed by atoms with van der Waals surface area (Å²) in [5.74, 6) is 0. The van der Waals surface area contributed by atoms with E-state index in [1.54, 1.807) is 4.57 Å². The molecule has 2 aromatic carbocycles. The number of aryl methyl sites for hydroxylation is 2. The molecular weight excluding hydrogens is 520 g/mol. The van der Waals surface area contributed by atoms with Gasteiger partial charge < -0.3 is 14.0 Å². The normalized spacial score (nSPS) is 16.2. The van der Waals surface area contributed by atoms with Crippen LogP contribution in [0.4, 0.5) is 0 Å². The Hall–Kier alpha value is -3.20. The number of rotatable bonds is 5. The van der Waals surface area contributed by atoms with Crippen LogP contribution in [-0.4, -0.2) is 32.2 Å². The quantitative estimate of drug-likeness (QED) is 0.298. The zero-order valence-corrected chi connectivity index (χ0v) is 21.8. The Bertz CT molecular complexity index is 1630. The zero-order valence-electron chi connectivity index (χ0n) is 20.3. The number of hydrogen-bond donors (Lipinski definition) is 1. The van der Waals surface area contributed by atoms with E-state index in [-0.39, 0.29) is 11.8 Å². The molecule has 4 heterocycles. The summed E-state index contributed by atoms with van der Waals surface area (Å²) in [5.41, 5.74) is 6.31. The fourth-order valence-electron chi connectivity index (χ4n) is 5.10. The molecule has 0 amide bonds. The van der Waals surface area contributed by atoms with Crippen LogP contribution >= 0.6 is 15.9 Å². The van der Waals surface area contributed by atoms with E-state index in [9.17, 15) is 4.79 Å². The Morgan fingerprint density at radius 3 is 2.61 bits per heavy atom. The average Bonchev–Trinajstić information content (AvgIpc) is 3.49. The Morgan fingerprint density at radius 1 is 1.03 bits per heavy atom. The van der Waals surface area contributed by atoms with Crippen LogP contribution in [0.25, 0.3) is 44.3 Å². The van der Waals surface area contributed by atoms with Crippen LogP contribution in [0.15, 0.2) is 63.9 Å². The smallest absolute Gasteiger partial charge is 0.259 e. The number of ether oxygens (including phenoxy) is 2. The molecule has 1 unspecified atom stereocenters. The molecule has 3 aromatic heterocycles. The molecule has 6 rings (SSSR count). The largest absolute Gasteiger partial charge is 0.353 e. The first-order valence-electron chi connectivity index (χ1n) is 12.2. The van der Waals surface area contributed by atoms with Gasteiger partial charge in [-0.1, -0.05) is 34.1 Å². The maximum absolute atomic E-state index is 13.3. The molecular formula is C28H27BrN4O3. The number of halogens is 1. The highest BCUT2D eigenvalue weighted by Gasteiger charge is 2.18. The lowest BCUT2D eigenvalue weighted by atomic mass is 10.0. The maximum Gasteiger partial charge on any atom is 0.259 e. The summed E-state index contributed by atoms with van der Waals surface area (Å²) in [5, 5.41) is 9.73. The first kappa shape index (κ1) is 23.2. The van der Waals surface area contributed by atoms with Crippen LogP contribution in [0.5, 0.6) is 0 Å². The molecule has 7 nitrogen and oxygen atoms in total. The molecule has 36 heavy (non-hydrogen) atoms. The molecule has 1 aliphatic heterocycles. The molecule has 0 saturated carbocycles. The van der Waals surface area contributed by atoms with Crippen molar-refractivity contribution in [2.24, 2.45) is 14.1 Å². The molecule has 1 aliphatic rings. The highest BCUT2D eigenvalue weighted by molar-refractivity contribution is 9.10. The lowest BCUT2D eigenvalue weighted by Crippen LogP contribution is -2.22. The fourth-order valence-corrected chi connectivity index (χ4v) is 5.36. The summed E-state index contributed by atoms with van der Waals surface area (Å²) in [7, 11) is 3.84. The van der Waals surface area contributed by atoms with Gasteiger partial charge in [-0.3, -0.25) is 14.5 Å². The Balaban J connectivity index is 1.39. The standard InChI is InChI=1S/C28H27BrN4O3/c1-32-25-11-8-18(24-14-20(30-31-24)16-36-26-5-3-4-12-35-26)13-22(25)23-15-21(28(34)33(2)27(23)32)17-6-9-19(29)10-7-17/h6-11,13-15,26H,3-5,12,16H2,1-2H3,(H,30,31). The highest BCUT2D eigenvalue weighted by atomic mass is 79.9. The van der Waals surface area contributed by atoms with Crippen LogP contribution in [0, 0.1) is 0 Å². The van der Waals surface area contributed by atoms with Crippen molar-refractivity contribution >= 4 is 37.9 Å². The summed E-state index contributed by atoms with van der Waals surface area (Å²) < 4.78 is 16.4. The first-order chi connectivity index (χ1) is 17.5. The fraction of sp³-hybridized carbons (Fsp3) is 0.286. The molecule has 8 heteroatoms. The van der Waals surface area contributed by atoms with Crippen LogP contribution in [-0.2, 0) is 30.2 Å². The SMILES string of the molecule is Cn1c(=O)c(-c2ccc(Br)cc2)cc2c3cc(-c4cc(COC5CCCCO5)n[nH]4)ccc3n(C)c21. The summed E-state index contributed by atoms with van der Waals surface area (Å²) in [6, 6.07) is 18.2. The number of aromatic nitrogens is 4. The second kappa shape index (κ2) is 9.35. The summed E-state index contributed by atoms with van der Waals surface area (Å²) in [6.45, 7) is 1.17. The van der Waals surface area contributed by atoms with Crippen LogP contribution < -0.4 is 5.56 Å². The van der Waals surface area contributed by atoms with Gasteiger partial charge in [-0.25, -0.2) is 0 Å². The van der Waals surface area contributed by atoms with Crippen molar-refractivity contribution in [3.8, 4) is 22.4 Å². The van der Waals surface area contributed by atoms with Crippen LogP contribution in [0.2, 0.25) is 0 Å². The summed E-state index contributed by atoms with van der Waals surface area (Å²) in [6.07, 6.45) is 3.02. The number of hydrogen-bond acceptors (Lipinski definition) is 4. The molecule has 0 spiro atoms. The minimum absolute atomic E-state index is 0.0175. The molecule has 1 fully saturated rings. The lowest BCUT2D eigenvalue weighted by Gasteiger charge is -2.22. The van der Waals surface area contributed by atoms with Gasteiger partial charge in [0.25, 0.3) is 5.56 Å². The number of fused-ring (bicyclic) bond motifs is 3. The number of nitrogens with one attached hydrogen (secondary N) is 1. The van der Waals surface area contributed by atoms with Gasteiger partial charge in [0.1, 0.15) is 5.65 Å². The Morgan fingerprint density at radius 2 is 1.83 bits per heavy atom. The number of aromatic amines is 1.